The minimum absolute atomic E-state index is 0.0455. The van der Waals surface area contributed by atoms with Gasteiger partial charge in [-0.2, -0.15) is 0 Å². The monoisotopic (exact) mass is 188 g/mol. The van der Waals surface area contributed by atoms with Crippen molar-refractivity contribution >= 4 is 11.7 Å². The Bertz CT molecular complexity index is 236. The van der Waals surface area contributed by atoms with Crippen molar-refractivity contribution in [2.24, 2.45) is 5.73 Å². The molecule has 1 saturated carbocycles. The number of hydrogen-bond acceptors (Lipinski definition) is 3. The van der Waals surface area contributed by atoms with E-state index in [-0.39, 0.29) is 12.5 Å². The van der Waals surface area contributed by atoms with Crippen LogP contribution in [0.3, 0.4) is 0 Å². The largest absolute Gasteiger partial charge is 0.347 e. The van der Waals surface area contributed by atoms with Gasteiger partial charge in [0, 0.05) is 6.04 Å². The molecule has 0 saturated heterocycles. The van der Waals surface area contributed by atoms with Crippen LogP contribution >= 0.6 is 0 Å². The molecule has 13 heavy (non-hydrogen) atoms. The van der Waals surface area contributed by atoms with Crippen molar-refractivity contribution in [1.29, 1.82) is 0 Å². The maximum atomic E-state index is 13.1. The Balaban J connectivity index is 2.49. The van der Waals surface area contributed by atoms with E-state index in [9.17, 15) is 14.0 Å². The van der Waals surface area contributed by atoms with Gasteiger partial charge in [-0.3, -0.25) is 15.3 Å². The number of nitrogens with two attached hydrogens (primary N) is 1. The molecular weight excluding hydrogens is 175 g/mol. The van der Waals surface area contributed by atoms with Gasteiger partial charge in [-0.05, 0) is 19.3 Å². The number of rotatable bonds is 4. The van der Waals surface area contributed by atoms with Gasteiger partial charge in [-0.1, -0.05) is 6.92 Å². The van der Waals surface area contributed by atoms with E-state index in [0.29, 0.717) is 0 Å². The SMILES string of the molecule is CC[C@@](N)(F)C(=O)C(=O)NC1CC1. The third-order valence-electron chi connectivity index (χ3n) is 2.01. The lowest BCUT2D eigenvalue weighted by atomic mass is 10.1. The normalized spacial score (nSPS) is 20.5. The first-order valence-corrected chi connectivity index (χ1v) is 4.30. The highest BCUT2D eigenvalue weighted by Gasteiger charge is 2.38. The predicted molar refractivity (Wildman–Crippen MR) is 44.5 cm³/mol. The number of carbonyl (C=O) groups is 2. The number of hydrogen-bond donors (Lipinski definition) is 2. The summed E-state index contributed by atoms with van der Waals surface area (Å²) >= 11 is 0. The molecule has 1 aliphatic carbocycles. The summed E-state index contributed by atoms with van der Waals surface area (Å²) in [7, 11) is 0. The number of ketones is 1. The van der Waals surface area contributed by atoms with Crippen molar-refractivity contribution in [3.8, 4) is 0 Å². The van der Waals surface area contributed by atoms with Crippen molar-refractivity contribution in [2.75, 3.05) is 0 Å². The van der Waals surface area contributed by atoms with Crippen LogP contribution in [0.4, 0.5) is 4.39 Å². The third kappa shape index (κ3) is 2.48. The van der Waals surface area contributed by atoms with E-state index < -0.39 is 17.5 Å². The van der Waals surface area contributed by atoms with Crippen molar-refractivity contribution in [1.82, 2.24) is 5.32 Å². The van der Waals surface area contributed by atoms with Crippen LogP contribution in [0.2, 0.25) is 0 Å². The van der Waals surface area contributed by atoms with Gasteiger partial charge < -0.3 is 5.32 Å². The lowest BCUT2D eigenvalue weighted by Gasteiger charge is -2.15. The zero-order chi connectivity index (χ0) is 10.1. The van der Waals surface area contributed by atoms with E-state index in [2.05, 4.69) is 5.32 Å². The van der Waals surface area contributed by atoms with E-state index >= 15 is 0 Å². The van der Waals surface area contributed by atoms with Gasteiger partial charge >= 0.3 is 0 Å². The van der Waals surface area contributed by atoms with Crippen LogP contribution in [-0.2, 0) is 9.59 Å². The predicted octanol–water partition coefficient (Wildman–Crippen LogP) is -0.131. The lowest BCUT2D eigenvalue weighted by molar-refractivity contribution is -0.145. The molecule has 0 radical (unpaired) electrons. The summed E-state index contributed by atoms with van der Waals surface area (Å²) in [6.07, 6.45) is 1.52. The summed E-state index contributed by atoms with van der Waals surface area (Å²) in [5.41, 5.74) is 4.98. The fourth-order valence-corrected chi connectivity index (χ4v) is 0.828. The molecule has 0 unspecified atom stereocenters. The molecule has 5 heteroatoms. The summed E-state index contributed by atoms with van der Waals surface area (Å²) < 4.78 is 13.1. The van der Waals surface area contributed by atoms with E-state index in [0.717, 1.165) is 12.8 Å². The molecule has 0 spiro atoms. The number of Topliss-reactive ketones (excluding diaryl/α,β-unsaturated/α-hetero) is 1. The Hall–Kier alpha value is -0.970. The first-order valence-electron chi connectivity index (χ1n) is 4.30. The highest BCUT2D eigenvalue weighted by Crippen LogP contribution is 2.19. The van der Waals surface area contributed by atoms with Crippen molar-refractivity contribution in [2.45, 2.75) is 38.0 Å². The number of amides is 1. The fraction of sp³-hybridized carbons (Fsp3) is 0.750. The van der Waals surface area contributed by atoms with Crippen LogP contribution in [0.1, 0.15) is 26.2 Å². The Kier molecular flexibility index (Phi) is 2.66. The minimum atomic E-state index is -2.51. The first-order chi connectivity index (χ1) is 5.97. The van der Waals surface area contributed by atoms with E-state index in [4.69, 9.17) is 5.73 Å². The molecule has 0 aromatic rings. The van der Waals surface area contributed by atoms with Crippen LogP contribution in [-0.4, -0.2) is 23.5 Å². The molecule has 0 aromatic carbocycles. The molecule has 0 heterocycles. The zero-order valence-electron chi connectivity index (χ0n) is 7.47. The number of halogens is 1. The van der Waals surface area contributed by atoms with Crippen molar-refractivity contribution in [3.05, 3.63) is 0 Å². The van der Waals surface area contributed by atoms with Gasteiger partial charge in [0.25, 0.3) is 11.7 Å². The second kappa shape index (κ2) is 3.41. The van der Waals surface area contributed by atoms with Gasteiger partial charge in [-0.15, -0.1) is 0 Å². The summed E-state index contributed by atoms with van der Waals surface area (Å²) in [5, 5.41) is 2.39. The topological polar surface area (TPSA) is 72.2 Å². The second-order valence-electron chi connectivity index (χ2n) is 3.29. The summed E-state index contributed by atoms with van der Waals surface area (Å²) in [5.74, 6) is -4.60. The maximum Gasteiger partial charge on any atom is 0.292 e. The molecule has 0 aliphatic heterocycles. The maximum absolute atomic E-state index is 13.1. The van der Waals surface area contributed by atoms with Gasteiger partial charge in [0.15, 0.2) is 0 Å². The molecular formula is C8H13FN2O2. The molecule has 4 nitrogen and oxygen atoms in total. The van der Waals surface area contributed by atoms with Crippen molar-refractivity contribution < 1.29 is 14.0 Å². The lowest BCUT2D eigenvalue weighted by Crippen LogP contribution is -2.50. The fourth-order valence-electron chi connectivity index (χ4n) is 0.828. The van der Waals surface area contributed by atoms with Crippen LogP contribution in [0.15, 0.2) is 0 Å². The summed E-state index contributed by atoms with van der Waals surface area (Å²) in [6, 6.07) is 0.0455. The van der Waals surface area contributed by atoms with E-state index in [1.165, 1.54) is 6.92 Å². The number of alkyl halides is 1. The Labute approximate surface area is 75.7 Å². The quantitative estimate of drug-likeness (QED) is 0.476. The second-order valence-corrected chi connectivity index (χ2v) is 3.29. The van der Waals surface area contributed by atoms with Gasteiger partial charge in [0.05, 0.1) is 0 Å². The van der Waals surface area contributed by atoms with Crippen LogP contribution in [0.25, 0.3) is 0 Å². The molecule has 0 aromatic heterocycles. The average molecular weight is 188 g/mol. The number of nitrogens with one attached hydrogen (secondary N) is 1. The van der Waals surface area contributed by atoms with Crippen LogP contribution < -0.4 is 11.1 Å². The highest BCUT2D eigenvalue weighted by atomic mass is 19.1. The smallest absolute Gasteiger partial charge is 0.292 e. The highest BCUT2D eigenvalue weighted by molar-refractivity contribution is 6.39. The standard InChI is InChI=1S/C8H13FN2O2/c1-2-8(9,10)6(12)7(13)11-5-3-4-5/h5H,2-4,10H2,1H3,(H,11,13)/t8-/m0/s1. The molecule has 1 fully saturated rings. The molecule has 1 amide bonds. The summed E-state index contributed by atoms with van der Waals surface area (Å²) in [4.78, 5) is 22.1. The average Bonchev–Trinajstić information content (AvgIpc) is 2.86. The minimum Gasteiger partial charge on any atom is -0.347 e. The third-order valence-corrected chi connectivity index (χ3v) is 2.01. The molecule has 0 bridgehead atoms. The van der Waals surface area contributed by atoms with Gasteiger partial charge in [0.2, 0.25) is 5.79 Å². The zero-order valence-corrected chi connectivity index (χ0v) is 7.47. The first kappa shape index (κ1) is 10.1. The molecule has 1 atom stereocenters. The molecule has 1 rings (SSSR count). The van der Waals surface area contributed by atoms with E-state index in [1.54, 1.807) is 0 Å². The molecule has 3 N–H and O–H groups in total. The van der Waals surface area contributed by atoms with Gasteiger partial charge in [0.1, 0.15) is 0 Å². The van der Waals surface area contributed by atoms with Crippen LogP contribution in [0.5, 0.6) is 0 Å². The van der Waals surface area contributed by atoms with E-state index in [1.807, 2.05) is 0 Å². The summed E-state index contributed by atoms with van der Waals surface area (Å²) in [6.45, 7) is 1.42. The van der Waals surface area contributed by atoms with Crippen molar-refractivity contribution in [3.63, 3.8) is 0 Å². The Morgan fingerprint density at radius 3 is 2.54 bits per heavy atom. The van der Waals surface area contributed by atoms with Gasteiger partial charge in [-0.25, -0.2) is 4.39 Å². The Morgan fingerprint density at radius 1 is 1.62 bits per heavy atom. The molecule has 1 aliphatic rings. The Morgan fingerprint density at radius 2 is 2.15 bits per heavy atom. The van der Waals surface area contributed by atoms with Crippen LogP contribution in [0, 0.1) is 0 Å². The number of carbonyl (C=O) groups excluding carboxylic acids is 2. The molecule has 74 valence electrons.